The molecule has 2 N–H and O–H groups in total. The summed E-state index contributed by atoms with van der Waals surface area (Å²) in [5, 5.41) is 21.0. The van der Waals surface area contributed by atoms with Gasteiger partial charge in [0.2, 0.25) is 0 Å². The first kappa shape index (κ1) is 20.0. The molecule has 4 aliphatic rings. The van der Waals surface area contributed by atoms with Crippen LogP contribution in [0.15, 0.2) is 11.6 Å². The molecule has 0 radical (unpaired) electrons. The minimum Gasteiger partial charge on any atom is -0.393 e. The largest absolute Gasteiger partial charge is 0.393 e. The molecule has 0 aromatic carbocycles. The Morgan fingerprint density at radius 1 is 1.00 bits per heavy atom. The fraction of sp³-hybridized carbons (Fsp3) is 0.920. The summed E-state index contributed by atoms with van der Waals surface area (Å²) in [4.78, 5) is 0. The molecule has 0 aromatic heterocycles. The number of fused-ring (bicyclic) bond motifs is 5. The molecule has 154 valence electrons. The van der Waals surface area contributed by atoms with E-state index in [1.54, 1.807) is 5.57 Å². The number of hydrogen-bond acceptors (Lipinski definition) is 2. The molecule has 0 saturated heterocycles. The van der Waals surface area contributed by atoms with Crippen molar-refractivity contribution in [2.24, 2.45) is 46.3 Å². The van der Waals surface area contributed by atoms with Gasteiger partial charge >= 0.3 is 0 Å². The van der Waals surface area contributed by atoms with Crippen LogP contribution in [0.2, 0.25) is 0 Å². The maximum atomic E-state index is 10.8. The van der Waals surface area contributed by atoms with Crippen molar-refractivity contribution >= 4 is 0 Å². The third kappa shape index (κ3) is 2.96. The van der Waals surface area contributed by atoms with Crippen LogP contribution in [0.4, 0.5) is 0 Å². The van der Waals surface area contributed by atoms with Gasteiger partial charge in [-0.05, 0) is 97.7 Å². The lowest BCUT2D eigenvalue weighted by Crippen LogP contribution is -2.51. The van der Waals surface area contributed by atoms with Crippen molar-refractivity contribution in [1.29, 1.82) is 0 Å². The molecular weight excluding hydrogens is 332 g/mol. The van der Waals surface area contributed by atoms with E-state index in [2.05, 4.69) is 40.7 Å². The highest BCUT2D eigenvalue weighted by atomic mass is 16.3. The predicted octanol–water partition coefficient (Wildman–Crippen LogP) is 5.58. The van der Waals surface area contributed by atoms with Crippen LogP contribution in [0, 0.1) is 46.3 Å². The molecule has 0 heterocycles. The maximum absolute atomic E-state index is 10.8. The van der Waals surface area contributed by atoms with E-state index in [0.717, 1.165) is 30.6 Å². The molecule has 9 atom stereocenters. The Balaban J connectivity index is 1.59. The minimum atomic E-state index is -0.168. The molecule has 0 aromatic rings. The van der Waals surface area contributed by atoms with Crippen molar-refractivity contribution in [1.82, 2.24) is 0 Å². The van der Waals surface area contributed by atoms with Gasteiger partial charge in [-0.3, -0.25) is 0 Å². The fourth-order valence-electron chi connectivity index (χ4n) is 8.39. The molecule has 2 nitrogen and oxygen atoms in total. The molecular formula is C25H42O2. The zero-order chi connectivity index (χ0) is 19.6. The Morgan fingerprint density at radius 2 is 1.74 bits per heavy atom. The molecule has 3 fully saturated rings. The quantitative estimate of drug-likeness (QED) is 0.633. The van der Waals surface area contributed by atoms with Crippen molar-refractivity contribution < 1.29 is 10.2 Å². The van der Waals surface area contributed by atoms with Crippen molar-refractivity contribution in [2.75, 3.05) is 0 Å². The fourth-order valence-corrected chi connectivity index (χ4v) is 8.39. The standard InChI is InChI=1S/C25H42O2/c1-15(2)23(27)16(3)20-8-9-21-19-7-6-17-14-18(26)10-12-24(17,4)22(19)11-13-25(20,21)5/h6,15-16,18-23,26-27H,7-14H2,1-5H3/t16-,18?,19?,20+,21?,22?,23?,24?,25?/m0/s1. The lowest BCUT2D eigenvalue weighted by Gasteiger charge is -2.58. The van der Waals surface area contributed by atoms with E-state index in [1.165, 1.54) is 38.5 Å². The van der Waals surface area contributed by atoms with E-state index in [-0.39, 0.29) is 12.2 Å². The Bertz CT molecular complexity index is 595. The first-order valence-corrected chi connectivity index (χ1v) is 11.7. The second-order valence-electron chi connectivity index (χ2n) is 11.5. The molecule has 3 saturated carbocycles. The topological polar surface area (TPSA) is 40.5 Å². The van der Waals surface area contributed by atoms with Crippen LogP contribution in [-0.4, -0.2) is 22.4 Å². The van der Waals surface area contributed by atoms with Gasteiger partial charge in [0.15, 0.2) is 0 Å². The van der Waals surface area contributed by atoms with Crippen LogP contribution < -0.4 is 0 Å². The number of aliphatic hydroxyl groups is 2. The van der Waals surface area contributed by atoms with Crippen LogP contribution in [0.3, 0.4) is 0 Å². The van der Waals surface area contributed by atoms with Crippen molar-refractivity contribution in [3.05, 3.63) is 11.6 Å². The third-order valence-corrected chi connectivity index (χ3v) is 10.0. The van der Waals surface area contributed by atoms with Gasteiger partial charge in [-0.1, -0.05) is 46.3 Å². The average Bonchev–Trinajstić information content (AvgIpc) is 2.98. The molecule has 2 heteroatoms. The van der Waals surface area contributed by atoms with Crippen molar-refractivity contribution in [3.8, 4) is 0 Å². The zero-order valence-corrected chi connectivity index (χ0v) is 18.2. The van der Waals surface area contributed by atoms with E-state index in [1.807, 2.05) is 0 Å². The summed E-state index contributed by atoms with van der Waals surface area (Å²) in [6.07, 6.45) is 11.9. The third-order valence-electron chi connectivity index (χ3n) is 10.0. The van der Waals surface area contributed by atoms with E-state index in [4.69, 9.17) is 0 Å². The van der Waals surface area contributed by atoms with Crippen molar-refractivity contribution in [3.63, 3.8) is 0 Å². The molecule has 27 heavy (non-hydrogen) atoms. The Morgan fingerprint density at radius 3 is 2.44 bits per heavy atom. The summed E-state index contributed by atoms with van der Waals surface area (Å²) < 4.78 is 0. The summed E-state index contributed by atoms with van der Waals surface area (Å²) in [5.74, 6) is 3.89. The summed E-state index contributed by atoms with van der Waals surface area (Å²) in [5.41, 5.74) is 2.32. The number of rotatable bonds is 3. The summed E-state index contributed by atoms with van der Waals surface area (Å²) >= 11 is 0. The molecule has 4 rings (SSSR count). The summed E-state index contributed by atoms with van der Waals surface area (Å²) in [7, 11) is 0. The SMILES string of the molecule is CC(C)C(O)[C@@H](C)[C@H]1CCC2C3CC=C4CC(O)CCC4(C)C3CCC21C. The molecule has 0 spiro atoms. The van der Waals surface area contributed by atoms with Crippen LogP contribution in [0.1, 0.15) is 86.0 Å². The monoisotopic (exact) mass is 374 g/mol. The van der Waals surface area contributed by atoms with Gasteiger partial charge in [-0.2, -0.15) is 0 Å². The number of hydrogen-bond donors (Lipinski definition) is 2. The lowest BCUT2D eigenvalue weighted by atomic mass is 9.47. The van der Waals surface area contributed by atoms with Gasteiger partial charge in [0, 0.05) is 0 Å². The Labute approximate surface area is 166 Å². The minimum absolute atomic E-state index is 0.107. The molecule has 0 bridgehead atoms. The highest BCUT2D eigenvalue weighted by Gasteiger charge is 2.59. The van der Waals surface area contributed by atoms with E-state index in [9.17, 15) is 10.2 Å². The van der Waals surface area contributed by atoms with E-state index >= 15 is 0 Å². The normalized spacial score (nSPS) is 49.0. The second kappa shape index (κ2) is 6.87. The van der Waals surface area contributed by atoms with Crippen LogP contribution in [0.25, 0.3) is 0 Å². The number of allylic oxidation sites excluding steroid dienone is 1. The number of aliphatic hydroxyl groups excluding tert-OH is 2. The van der Waals surface area contributed by atoms with Gasteiger partial charge in [0.25, 0.3) is 0 Å². The Hall–Kier alpha value is -0.340. The predicted molar refractivity (Wildman–Crippen MR) is 111 cm³/mol. The Kier molecular flexibility index (Phi) is 5.08. The van der Waals surface area contributed by atoms with Crippen LogP contribution >= 0.6 is 0 Å². The molecule has 0 aliphatic heterocycles. The van der Waals surface area contributed by atoms with Gasteiger partial charge < -0.3 is 10.2 Å². The van der Waals surface area contributed by atoms with E-state index < -0.39 is 0 Å². The summed E-state index contributed by atoms with van der Waals surface area (Å²) in [6.45, 7) is 11.7. The van der Waals surface area contributed by atoms with Gasteiger partial charge in [0.05, 0.1) is 12.2 Å². The lowest BCUT2D eigenvalue weighted by molar-refractivity contribution is -0.0714. The molecule has 7 unspecified atom stereocenters. The molecule has 0 amide bonds. The van der Waals surface area contributed by atoms with Crippen LogP contribution in [-0.2, 0) is 0 Å². The smallest absolute Gasteiger partial charge is 0.0591 e. The highest BCUT2D eigenvalue weighted by Crippen LogP contribution is 2.67. The van der Waals surface area contributed by atoms with Gasteiger partial charge in [-0.25, -0.2) is 0 Å². The highest BCUT2D eigenvalue weighted by molar-refractivity contribution is 5.25. The van der Waals surface area contributed by atoms with E-state index in [0.29, 0.717) is 28.6 Å². The van der Waals surface area contributed by atoms with Crippen LogP contribution in [0.5, 0.6) is 0 Å². The van der Waals surface area contributed by atoms with Gasteiger partial charge in [0.1, 0.15) is 0 Å². The second-order valence-corrected chi connectivity index (χ2v) is 11.5. The first-order chi connectivity index (χ1) is 12.7. The first-order valence-electron chi connectivity index (χ1n) is 11.7. The maximum Gasteiger partial charge on any atom is 0.0591 e. The zero-order valence-electron chi connectivity index (χ0n) is 18.2. The average molecular weight is 375 g/mol. The molecule has 4 aliphatic carbocycles. The van der Waals surface area contributed by atoms with Gasteiger partial charge in [-0.15, -0.1) is 0 Å². The summed E-state index contributed by atoms with van der Waals surface area (Å²) in [6, 6.07) is 0. The van der Waals surface area contributed by atoms with Crippen molar-refractivity contribution in [2.45, 2.75) is 98.2 Å².